The molecule has 0 aromatic carbocycles. The highest BCUT2D eigenvalue weighted by molar-refractivity contribution is 5.94. The van der Waals surface area contributed by atoms with E-state index in [9.17, 15) is 29.7 Å². The molecule has 1 rings (SSSR count). The van der Waals surface area contributed by atoms with Gasteiger partial charge < -0.3 is 15.3 Å². The quantitative estimate of drug-likeness (QED) is 0.537. The lowest BCUT2D eigenvalue weighted by Gasteiger charge is -2.53. The van der Waals surface area contributed by atoms with Crippen LogP contribution in [-0.4, -0.2) is 49.3 Å². The van der Waals surface area contributed by atoms with Crippen molar-refractivity contribution in [1.82, 2.24) is 4.90 Å². The Balaban J connectivity index is 3.77. The summed E-state index contributed by atoms with van der Waals surface area (Å²) in [5.74, 6) is -1.66. The summed E-state index contributed by atoms with van der Waals surface area (Å²) in [6, 6.07) is 0. The lowest BCUT2D eigenvalue weighted by molar-refractivity contribution is -0.168. The average Bonchev–Trinajstić information content (AvgIpc) is 2.43. The number of carboxylic acids is 2. The topological polar surface area (TPSA) is 115 Å². The van der Waals surface area contributed by atoms with Crippen molar-refractivity contribution in [3.8, 4) is 12.3 Å². The van der Waals surface area contributed by atoms with Gasteiger partial charge in [0.05, 0.1) is 0 Å². The molecule has 1 saturated heterocycles. The first-order valence-corrected chi connectivity index (χ1v) is 6.74. The zero-order chi connectivity index (χ0) is 17.3. The number of nitrogens with zero attached hydrogens (tertiary/aromatic N) is 1. The third-order valence-corrected chi connectivity index (χ3v) is 4.39. The highest BCUT2D eigenvalue weighted by Crippen LogP contribution is 2.46. The predicted octanol–water partition coefficient (Wildman–Crippen LogP) is 1.64. The normalized spacial score (nSPS) is 29.5. The first-order chi connectivity index (χ1) is 10.1. The molecule has 0 aromatic heterocycles. The highest BCUT2D eigenvalue weighted by Gasteiger charge is 2.64. The minimum Gasteiger partial charge on any atom is -0.479 e. The van der Waals surface area contributed by atoms with Crippen molar-refractivity contribution in [2.24, 2.45) is 5.92 Å². The van der Waals surface area contributed by atoms with Crippen LogP contribution in [0.5, 0.6) is 0 Å². The molecule has 0 aliphatic carbocycles. The van der Waals surface area contributed by atoms with Crippen molar-refractivity contribution < 1.29 is 29.7 Å². The summed E-state index contributed by atoms with van der Waals surface area (Å²) in [6.07, 6.45) is 3.51. The van der Waals surface area contributed by atoms with Gasteiger partial charge in [0.1, 0.15) is 0 Å². The molecule has 120 valence electrons. The number of rotatable bonds is 4. The molecule has 1 amide bonds. The fourth-order valence-electron chi connectivity index (χ4n) is 3.10. The molecule has 7 heteroatoms. The maximum absolute atomic E-state index is 12.0. The van der Waals surface area contributed by atoms with Crippen LogP contribution in [0, 0.1) is 18.3 Å². The molecule has 3 unspecified atom stereocenters. The van der Waals surface area contributed by atoms with Crippen LogP contribution in [0.3, 0.4) is 0 Å². The smallest absolute Gasteiger partial charge is 0.410 e. The van der Waals surface area contributed by atoms with Gasteiger partial charge in [-0.05, 0) is 5.92 Å². The van der Waals surface area contributed by atoms with Gasteiger partial charge in [-0.15, -0.1) is 6.42 Å². The number of aliphatic carboxylic acids is 2. The minimum atomic E-state index is -2.27. The largest absolute Gasteiger partial charge is 0.479 e. The molecule has 0 radical (unpaired) electrons. The monoisotopic (exact) mass is 309 g/mol. The molecule has 1 aliphatic heterocycles. The van der Waals surface area contributed by atoms with Gasteiger partial charge in [-0.2, -0.15) is 0 Å². The molecule has 7 nitrogen and oxygen atoms in total. The van der Waals surface area contributed by atoms with Crippen LogP contribution in [0.1, 0.15) is 33.1 Å². The molecule has 0 saturated carbocycles. The Kier molecular flexibility index (Phi) is 4.56. The third kappa shape index (κ3) is 2.21. The van der Waals surface area contributed by atoms with Crippen molar-refractivity contribution in [1.29, 1.82) is 0 Å². The van der Waals surface area contributed by atoms with E-state index in [-0.39, 0.29) is 12.8 Å². The number of carboxylic acid groups (broad SMARTS) is 3. The van der Waals surface area contributed by atoms with E-state index in [0.717, 1.165) is 0 Å². The van der Waals surface area contributed by atoms with E-state index < -0.39 is 35.0 Å². The second kappa shape index (κ2) is 5.72. The van der Waals surface area contributed by atoms with Crippen molar-refractivity contribution in [2.45, 2.75) is 44.2 Å². The number of amides is 1. The highest BCUT2D eigenvalue weighted by atomic mass is 16.4. The van der Waals surface area contributed by atoms with Crippen LogP contribution in [-0.2, 0) is 9.59 Å². The van der Waals surface area contributed by atoms with Crippen LogP contribution in [0.4, 0.5) is 4.79 Å². The van der Waals surface area contributed by atoms with Crippen LogP contribution < -0.4 is 0 Å². The standard InChI is InChI=1S/C15H19NO6/c1-5-10(4)15(12(19)20)8-9(3)7-14(6-2,11(17)18)16(15)13(21)22/h2,10H,3,5,7-8H2,1,4H3,(H,17,18)(H,19,20)(H,21,22). The summed E-state index contributed by atoms with van der Waals surface area (Å²) in [7, 11) is 0. The van der Waals surface area contributed by atoms with Gasteiger partial charge >= 0.3 is 18.0 Å². The number of piperidine rings is 1. The second-order valence-corrected chi connectivity index (χ2v) is 5.57. The van der Waals surface area contributed by atoms with Gasteiger partial charge in [0.15, 0.2) is 5.54 Å². The van der Waals surface area contributed by atoms with Crippen LogP contribution in [0.25, 0.3) is 0 Å². The SMILES string of the molecule is C#CC1(C(=O)O)CC(=C)CC(C(=O)O)(C(C)CC)N1C(=O)O. The Hall–Kier alpha value is -2.49. The Bertz CT molecular complexity index is 577. The molecule has 0 aromatic rings. The number of hydrogen-bond donors (Lipinski definition) is 3. The Morgan fingerprint density at radius 1 is 1.32 bits per heavy atom. The van der Waals surface area contributed by atoms with Gasteiger partial charge in [0, 0.05) is 12.8 Å². The third-order valence-electron chi connectivity index (χ3n) is 4.39. The molecule has 1 heterocycles. The summed E-state index contributed by atoms with van der Waals surface area (Å²) in [4.78, 5) is 35.8. The van der Waals surface area contributed by atoms with E-state index in [2.05, 4.69) is 6.58 Å². The van der Waals surface area contributed by atoms with Crippen molar-refractivity contribution >= 4 is 18.0 Å². The van der Waals surface area contributed by atoms with E-state index in [4.69, 9.17) is 6.42 Å². The summed E-state index contributed by atoms with van der Waals surface area (Å²) >= 11 is 0. The van der Waals surface area contributed by atoms with Crippen molar-refractivity contribution in [3.05, 3.63) is 12.2 Å². The van der Waals surface area contributed by atoms with Crippen molar-refractivity contribution in [2.75, 3.05) is 0 Å². The number of terminal acetylenes is 1. The summed E-state index contributed by atoms with van der Waals surface area (Å²) in [6.45, 7) is 6.95. The molecule has 1 fully saturated rings. The summed E-state index contributed by atoms with van der Waals surface area (Å²) in [5.41, 5.74) is -3.93. The van der Waals surface area contributed by atoms with Crippen molar-refractivity contribution in [3.63, 3.8) is 0 Å². The van der Waals surface area contributed by atoms with E-state index in [1.165, 1.54) is 0 Å². The predicted molar refractivity (Wildman–Crippen MR) is 77.3 cm³/mol. The second-order valence-electron chi connectivity index (χ2n) is 5.57. The van der Waals surface area contributed by atoms with Gasteiger partial charge in [-0.25, -0.2) is 14.4 Å². The lowest BCUT2D eigenvalue weighted by atomic mass is 9.68. The molecule has 1 aliphatic rings. The van der Waals surface area contributed by atoms with Gasteiger partial charge in [0.25, 0.3) is 0 Å². The van der Waals surface area contributed by atoms with E-state index in [1.54, 1.807) is 13.8 Å². The minimum absolute atomic E-state index is 0.166. The fraction of sp³-hybridized carbons (Fsp3) is 0.533. The van der Waals surface area contributed by atoms with E-state index in [0.29, 0.717) is 16.9 Å². The molecular formula is C15H19NO6. The summed E-state index contributed by atoms with van der Waals surface area (Å²) < 4.78 is 0. The van der Waals surface area contributed by atoms with Gasteiger partial charge in [-0.1, -0.05) is 38.3 Å². The number of hydrogen-bond acceptors (Lipinski definition) is 3. The molecule has 3 atom stereocenters. The van der Waals surface area contributed by atoms with Crippen LogP contribution in [0.15, 0.2) is 12.2 Å². The first-order valence-electron chi connectivity index (χ1n) is 6.74. The zero-order valence-electron chi connectivity index (χ0n) is 12.5. The molecular weight excluding hydrogens is 290 g/mol. The number of likely N-dealkylation sites (tertiary alicyclic amines) is 1. The van der Waals surface area contributed by atoms with E-state index in [1.807, 2.05) is 5.92 Å². The fourth-order valence-corrected chi connectivity index (χ4v) is 3.10. The maximum atomic E-state index is 12.0. The lowest BCUT2D eigenvalue weighted by Crippen LogP contribution is -2.73. The molecule has 3 N–H and O–H groups in total. The van der Waals surface area contributed by atoms with Gasteiger partial charge in [-0.3, -0.25) is 4.90 Å². The van der Waals surface area contributed by atoms with Crippen LogP contribution >= 0.6 is 0 Å². The van der Waals surface area contributed by atoms with E-state index >= 15 is 0 Å². The van der Waals surface area contributed by atoms with Gasteiger partial charge in [0.2, 0.25) is 5.54 Å². The van der Waals surface area contributed by atoms with Crippen LogP contribution in [0.2, 0.25) is 0 Å². The average molecular weight is 309 g/mol. The Labute approximate surface area is 128 Å². The number of carbonyl (C=O) groups is 3. The molecule has 0 bridgehead atoms. The maximum Gasteiger partial charge on any atom is 0.410 e. The Morgan fingerprint density at radius 3 is 2.18 bits per heavy atom. The zero-order valence-corrected chi connectivity index (χ0v) is 12.5. The molecule has 0 spiro atoms. The first kappa shape index (κ1) is 17.6. The Morgan fingerprint density at radius 2 is 1.86 bits per heavy atom. The molecule has 22 heavy (non-hydrogen) atoms. The summed E-state index contributed by atoms with van der Waals surface area (Å²) in [5, 5.41) is 28.8.